The Morgan fingerprint density at radius 2 is 1.89 bits per heavy atom. The molecule has 2 rings (SSSR count). The summed E-state index contributed by atoms with van der Waals surface area (Å²) in [6.45, 7) is 3.89. The topological polar surface area (TPSA) is 58.9 Å². The van der Waals surface area contributed by atoms with Crippen molar-refractivity contribution in [1.29, 1.82) is 0 Å². The van der Waals surface area contributed by atoms with Crippen LogP contribution in [0.1, 0.15) is 35.8 Å². The zero-order valence-corrected chi connectivity index (χ0v) is 12.0. The van der Waals surface area contributed by atoms with Crippen LogP contribution in [-0.2, 0) is 0 Å². The molecule has 0 atom stereocenters. The average Bonchev–Trinajstić information content (AvgIpc) is 2.66. The van der Waals surface area contributed by atoms with Gasteiger partial charge in [-0.05, 0) is 13.3 Å². The molecule has 0 aliphatic carbocycles. The van der Waals surface area contributed by atoms with Gasteiger partial charge in [-0.1, -0.05) is 37.3 Å². The number of rotatable bonds is 4. The Kier molecular flexibility index (Phi) is 5.19. The number of H-pyrrole nitrogens is 1. The number of carbonyl (C=O) groups excluding carboxylic acids is 1. The molecule has 3 nitrogen and oxygen atoms in total. The number of nitrogens with two attached hydrogens (primary N) is 1. The van der Waals surface area contributed by atoms with Gasteiger partial charge in [-0.3, -0.25) is 4.79 Å². The summed E-state index contributed by atoms with van der Waals surface area (Å²) in [5.41, 5.74) is 10.0. The fraction of sp³-hybridized carbons (Fsp3) is 0.267. The van der Waals surface area contributed by atoms with Crippen LogP contribution in [0.4, 0.5) is 5.69 Å². The molecule has 0 aliphatic rings. The number of carbonyl (C=O) groups is 1. The molecule has 0 spiro atoms. The molecule has 0 bridgehead atoms. The third kappa shape index (κ3) is 2.99. The second kappa shape index (κ2) is 6.43. The first kappa shape index (κ1) is 15.3. The number of hydrogen-bond acceptors (Lipinski definition) is 2. The minimum atomic E-state index is 0. The van der Waals surface area contributed by atoms with E-state index in [9.17, 15) is 4.79 Å². The zero-order chi connectivity index (χ0) is 13.1. The summed E-state index contributed by atoms with van der Waals surface area (Å²) in [6.07, 6.45) is 1.38. The number of aryl methyl sites for hydroxylation is 1. The molecule has 1 heterocycles. The normalized spacial score (nSPS) is 10.0. The van der Waals surface area contributed by atoms with Crippen molar-refractivity contribution in [3.63, 3.8) is 0 Å². The highest BCUT2D eigenvalue weighted by atomic mass is 35.5. The number of ketones is 1. The lowest BCUT2D eigenvalue weighted by Gasteiger charge is -2.01. The largest absolute Gasteiger partial charge is 0.396 e. The van der Waals surface area contributed by atoms with E-state index in [1.54, 1.807) is 0 Å². The molecule has 0 saturated carbocycles. The molecule has 0 fully saturated rings. The molecule has 0 saturated heterocycles. The Bertz CT molecular complexity index is 561. The van der Waals surface area contributed by atoms with Crippen LogP contribution in [0.25, 0.3) is 11.3 Å². The van der Waals surface area contributed by atoms with Crippen LogP contribution in [0.2, 0.25) is 0 Å². The number of halogens is 1. The van der Waals surface area contributed by atoms with E-state index in [-0.39, 0.29) is 18.2 Å². The van der Waals surface area contributed by atoms with E-state index in [0.717, 1.165) is 23.4 Å². The SMILES string of the molecule is CCCC(=O)c1c(C)[nH]c(-c2ccccc2)c1N.Cl. The van der Waals surface area contributed by atoms with Crippen molar-refractivity contribution in [2.75, 3.05) is 5.73 Å². The Labute approximate surface area is 119 Å². The van der Waals surface area contributed by atoms with E-state index in [2.05, 4.69) is 4.98 Å². The van der Waals surface area contributed by atoms with Crippen LogP contribution in [0.3, 0.4) is 0 Å². The van der Waals surface area contributed by atoms with Crippen LogP contribution in [0, 0.1) is 6.92 Å². The number of hydrogen-bond donors (Lipinski definition) is 2. The fourth-order valence-corrected chi connectivity index (χ4v) is 2.19. The first-order valence-electron chi connectivity index (χ1n) is 6.21. The zero-order valence-electron chi connectivity index (χ0n) is 11.2. The van der Waals surface area contributed by atoms with Gasteiger partial charge in [0, 0.05) is 17.7 Å². The number of nitrogen functional groups attached to an aromatic ring is 1. The minimum Gasteiger partial charge on any atom is -0.396 e. The molecule has 1 aromatic heterocycles. The molecule has 2 aromatic rings. The Morgan fingerprint density at radius 1 is 1.26 bits per heavy atom. The fourth-order valence-electron chi connectivity index (χ4n) is 2.19. The van der Waals surface area contributed by atoms with E-state index in [1.807, 2.05) is 44.2 Å². The van der Waals surface area contributed by atoms with Gasteiger partial charge >= 0.3 is 0 Å². The summed E-state index contributed by atoms with van der Waals surface area (Å²) < 4.78 is 0. The van der Waals surface area contributed by atoms with E-state index in [1.165, 1.54) is 0 Å². The minimum absolute atomic E-state index is 0. The monoisotopic (exact) mass is 278 g/mol. The van der Waals surface area contributed by atoms with Gasteiger partial charge in [0.1, 0.15) is 0 Å². The molecule has 102 valence electrons. The van der Waals surface area contributed by atoms with Gasteiger partial charge in [-0.25, -0.2) is 0 Å². The lowest BCUT2D eigenvalue weighted by atomic mass is 10.0. The molecule has 0 unspecified atom stereocenters. The summed E-state index contributed by atoms with van der Waals surface area (Å²) in [7, 11) is 0. The summed E-state index contributed by atoms with van der Waals surface area (Å²) in [6, 6.07) is 9.83. The molecular weight excluding hydrogens is 260 g/mol. The summed E-state index contributed by atoms with van der Waals surface area (Å²) in [5, 5.41) is 0. The van der Waals surface area contributed by atoms with E-state index >= 15 is 0 Å². The van der Waals surface area contributed by atoms with Crippen LogP contribution in [-0.4, -0.2) is 10.8 Å². The lowest BCUT2D eigenvalue weighted by molar-refractivity contribution is 0.0982. The lowest BCUT2D eigenvalue weighted by Crippen LogP contribution is -2.02. The third-order valence-corrected chi connectivity index (χ3v) is 3.04. The highest BCUT2D eigenvalue weighted by molar-refractivity contribution is 6.05. The number of anilines is 1. The van der Waals surface area contributed by atoms with Gasteiger partial charge < -0.3 is 10.7 Å². The van der Waals surface area contributed by atoms with Gasteiger partial charge in [0.15, 0.2) is 5.78 Å². The van der Waals surface area contributed by atoms with Crippen LogP contribution >= 0.6 is 12.4 Å². The number of aromatic amines is 1. The van der Waals surface area contributed by atoms with Crippen LogP contribution in [0.15, 0.2) is 30.3 Å². The second-order valence-electron chi connectivity index (χ2n) is 4.45. The molecule has 1 aromatic carbocycles. The molecule has 3 N–H and O–H groups in total. The molecule has 19 heavy (non-hydrogen) atoms. The molecular formula is C15H19ClN2O. The predicted octanol–water partition coefficient (Wildman–Crippen LogP) is 3.98. The van der Waals surface area contributed by atoms with E-state index < -0.39 is 0 Å². The smallest absolute Gasteiger partial charge is 0.166 e. The number of nitrogens with one attached hydrogen (secondary N) is 1. The summed E-state index contributed by atoms with van der Waals surface area (Å²) in [4.78, 5) is 15.3. The maximum absolute atomic E-state index is 12.0. The first-order chi connectivity index (χ1) is 8.65. The highest BCUT2D eigenvalue weighted by Gasteiger charge is 2.18. The standard InChI is InChI=1S/C15H18N2O.ClH/c1-3-7-12(18)13-10(2)17-15(14(13)16)11-8-5-4-6-9-11;/h4-6,8-9,17H,3,7,16H2,1-2H3;1H. The number of aromatic nitrogens is 1. The van der Waals surface area contributed by atoms with Gasteiger partial charge in [0.2, 0.25) is 0 Å². The predicted molar refractivity (Wildman–Crippen MR) is 81.9 cm³/mol. The van der Waals surface area contributed by atoms with Gasteiger partial charge in [-0.15, -0.1) is 12.4 Å². The van der Waals surface area contributed by atoms with Gasteiger partial charge in [-0.2, -0.15) is 0 Å². The Balaban J connectivity index is 0.00000180. The maximum Gasteiger partial charge on any atom is 0.166 e. The second-order valence-corrected chi connectivity index (χ2v) is 4.45. The maximum atomic E-state index is 12.0. The van der Waals surface area contributed by atoms with Crippen molar-refractivity contribution in [1.82, 2.24) is 4.98 Å². The third-order valence-electron chi connectivity index (χ3n) is 3.04. The molecule has 4 heteroatoms. The van der Waals surface area contributed by atoms with Crippen molar-refractivity contribution in [3.8, 4) is 11.3 Å². The van der Waals surface area contributed by atoms with Crippen LogP contribution < -0.4 is 5.73 Å². The average molecular weight is 279 g/mol. The van der Waals surface area contributed by atoms with Gasteiger partial charge in [0.25, 0.3) is 0 Å². The molecule has 0 radical (unpaired) electrons. The molecule has 0 amide bonds. The van der Waals surface area contributed by atoms with Crippen LogP contribution in [0.5, 0.6) is 0 Å². The number of benzene rings is 1. The van der Waals surface area contributed by atoms with E-state index in [0.29, 0.717) is 17.7 Å². The van der Waals surface area contributed by atoms with Crippen molar-refractivity contribution in [3.05, 3.63) is 41.6 Å². The van der Waals surface area contributed by atoms with Crippen molar-refractivity contribution < 1.29 is 4.79 Å². The van der Waals surface area contributed by atoms with Gasteiger partial charge in [0.05, 0.1) is 16.9 Å². The molecule has 0 aliphatic heterocycles. The van der Waals surface area contributed by atoms with E-state index in [4.69, 9.17) is 5.73 Å². The summed E-state index contributed by atoms with van der Waals surface area (Å²) >= 11 is 0. The summed E-state index contributed by atoms with van der Waals surface area (Å²) in [5.74, 6) is 0.117. The van der Waals surface area contributed by atoms with Crippen molar-refractivity contribution in [2.45, 2.75) is 26.7 Å². The van der Waals surface area contributed by atoms with Crippen molar-refractivity contribution >= 4 is 23.9 Å². The first-order valence-corrected chi connectivity index (χ1v) is 6.21. The Morgan fingerprint density at radius 3 is 2.47 bits per heavy atom. The Hall–Kier alpha value is -1.74. The van der Waals surface area contributed by atoms with Crippen molar-refractivity contribution in [2.24, 2.45) is 0 Å². The number of Topliss-reactive ketones (excluding diaryl/α,β-unsaturated/α-hetero) is 1. The quantitative estimate of drug-likeness (QED) is 0.831. The highest BCUT2D eigenvalue weighted by Crippen LogP contribution is 2.31.